The van der Waals surface area contributed by atoms with Crippen LogP contribution < -0.4 is 20.1 Å². The highest BCUT2D eigenvalue weighted by atomic mass is 32.2. The van der Waals surface area contributed by atoms with Crippen molar-refractivity contribution in [2.24, 2.45) is 5.92 Å². The van der Waals surface area contributed by atoms with E-state index in [1.54, 1.807) is 24.3 Å². The Morgan fingerprint density at radius 3 is 2.44 bits per heavy atom. The number of nitrogens with zero attached hydrogens (tertiary/aromatic N) is 3. The van der Waals surface area contributed by atoms with Crippen molar-refractivity contribution in [1.29, 1.82) is 0 Å². The molecule has 2 aromatic heterocycles. The van der Waals surface area contributed by atoms with Gasteiger partial charge in [-0.1, -0.05) is 43.2 Å². The summed E-state index contributed by atoms with van der Waals surface area (Å²) in [7, 11) is -5.17. The molecule has 2 aliphatic carbocycles. The lowest BCUT2D eigenvalue weighted by Gasteiger charge is -2.30. The minimum atomic E-state index is -5.17. The lowest BCUT2D eigenvalue weighted by atomic mass is 10.0. The number of alkyl carbamates (subject to hydrolysis) is 1. The Bertz CT molecular complexity index is 2130. The highest BCUT2D eigenvalue weighted by Gasteiger charge is 2.62. The zero-order chi connectivity index (χ0) is 40.4. The number of amides is 4. The molecule has 3 fully saturated rings. The molecule has 1 aromatic carbocycles. The van der Waals surface area contributed by atoms with Crippen LogP contribution in [0.3, 0.4) is 0 Å². The van der Waals surface area contributed by atoms with Crippen LogP contribution in [-0.4, -0.2) is 95.4 Å². The van der Waals surface area contributed by atoms with E-state index in [0.29, 0.717) is 55.3 Å². The van der Waals surface area contributed by atoms with E-state index in [0.717, 1.165) is 17.7 Å². The number of benzene rings is 1. The van der Waals surface area contributed by atoms with Crippen LogP contribution in [0, 0.1) is 5.92 Å². The molecule has 0 bridgehead atoms. The number of allylic oxidation sites excluding steroid dienone is 1. The zero-order valence-corrected chi connectivity index (χ0v) is 32.5. The van der Waals surface area contributed by atoms with Gasteiger partial charge in [0.2, 0.25) is 27.7 Å². The van der Waals surface area contributed by atoms with E-state index in [-0.39, 0.29) is 37.8 Å². The predicted octanol–water partition coefficient (Wildman–Crippen LogP) is 5.15. The summed E-state index contributed by atoms with van der Waals surface area (Å²) in [6, 6.07) is 8.52. The Morgan fingerprint density at radius 1 is 0.982 bits per heavy atom. The van der Waals surface area contributed by atoms with Gasteiger partial charge in [0, 0.05) is 12.3 Å². The van der Waals surface area contributed by atoms with Gasteiger partial charge in [0.05, 0.1) is 22.5 Å². The van der Waals surface area contributed by atoms with Crippen molar-refractivity contribution in [3.05, 3.63) is 53.9 Å². The zero-order valence-electron chi connectivity index (χ0n) is 30.8. The Hall–Kier alpha value is -4.78. The molecule has 2 saturated carbocycles. The first-order chi connectivity index (χ1) is 27.2. The van der Waals surface area contributed by atoms with Crippen molar-refractivity contribution in [2.75, 3.05) is 12.3 Å². The first-order valence-electron chi connectivity index (χ1n) is 19.0. The number of hydrogen-bond acceptors (Lipinski definition) is 11. The van der Waals surface area contributed by atoms with Gasteiger partial charge in [0.1, 0.15) is 35.5 Å². The van der Waals surface area contributed by atoms with Gasteiger partial charge in [0.25, 0.3) is 5.91 Å². The van der Waals surface area contributed by atoms with Crippen molar-refractivity contribution in [2.45, 2.75) is 107 Å². The van der Waals surface area contributed by atoms with Crippen LogP contribution in [0.1, 0.15) is 70.6 Å². The number of nitrogens with one attached hydrogen (secondary N) is 3. The van der Waals surface area contributed by atoms with Crippen LogP contribution in [0.25, 0.3) is 21.6 Å². The molecule has 1 unspecified atom stereocenters. The molecule has 4 aliphatic rings. The van der Waals surface area contributed by atoms with Crippen LogP contribution in [0.4, 0.5) is 18.0 Å². The molecule has 0 spiro atoms. The Labute approximate surface area is 331 Å². The number of ether oxygens (including phenoxy) is 2. The normalized spacial score (nSPS) is 26.7. The topological polar surface area (TPSA) is 186 Å². The van der Waals surface area contributed by atoms with Crippen LogP contribution in [0.5, 0.6) is 5.88 Å². The molecule has 5 atom stereocenters. The molecule has 3 N–H and O–H groups in total. The summed E-state index contributed by atoms with van der Waals surface area (Å²) < 4.78 is 77.7. The summed E-state index contributed by atoms with van der Waals surface area (Å²) in [4.78, 5) is 67.2. The third kappa shape index (κ3) is 9.68. The fourth-order valence-electron chi connectivity index (χ4n) is 7.78. The molecule has 14 nitrogen and oxygen atoms in total. The van der Waals surface area contributed by atoms with Crippen molar-refractivity contribution in [3.8, 4) is 16.5 Å². The van der Waals surface area contributed by atoms with E-state index in [4.69, 9.17) is 19.4 Å². The maximum absolute atomic E-state index is 14.6. The number of carbonyl (C=O) groups is 4. The van der Waals surface area contributed by atoms with Gasteiger partial charge in [-0.05, 0) is 74.9 Å². The van der Waals surface area contributed by atoms with Gasteiger partial charge >= 0.3 is 12.3 Å². The maximum Gasteiger partial charge on any atom is 0.408 e. The number of hydrogen-bond donors (Lipinski definition) is 3. The van der Waals surface area contributed by atoms with Crippen molar-refractivity contribution in [3.63, 3.8) is 0 Å². The minimum Gasteiger partial charge on any atom is -0.471 e. The lowest BCUT2D eigenvalue weighted by molar-refractivity contribution is -0.141. The molecule has 4 heterocycles. The Kier molecular flexibility index (Phi) is 11.8. The molecular weight excluding hydrogens is 790 g/mol. The molecule has 57 heavy (non-hydrogen) atoms. The van der Waals surface area contributed by atoms with Gasteiger partial charge in [-0.3, -0.25) is 19.1 Å². The Morgan fingerprint density at radius 2 is 1.72 bits per heavy atom. The molecule has 4 amide bonds. The number of rotatable bonds is 8. The second-order valence-electron chi connectivity index (χ2n) is 15.0. The fraction of sp³-hybridized carbons (Fsp3) is 0.526. The average Bonchev–Trinajstić information content (AvgIpc) is 3.64. The molecule has 0 radical (unpaired) electrons. The van der Waals surface area contributed by atoms with Gasteiger partial charge in [-0.25, -0.2) is 23.2 Å². The van der Waals surface area contributed by atoms with Crippen molar-refractivity contribution < 1.29 is 50.2 Å². The second kappa shape index (κ2) is 16.6. The fourth-order valence-corrected chi connectivity index (χ4v) is 9.45. The smallest absolute Gasteiger partial charge is 0.408 e. The van der Waals surface area contributed by atoms with Crippen molar-refractivity contribution in [1.82, 2.24) is 30.2 Å². The number of para-hydroxylation sites is 2. The third-order valence-electron chi connectivity index (χ3n) is 10.7. The van der Waals surface area contributed by atoms with Crippen LogP contribution in [-0.2, 0) is 29.1 Å². The Balaban J connectivity index is 1.20. The molecule has 306 valence electrons. The summed E-state index contributed by atoms with van der Waals surface area (Å²) in [6.07, 6.45) is 2.16. The van der Waals surface area contributed by atoms with E-state index in [1.165, 1.54) is 21.0 Å². The molecule has 3 aromatic rings. The summed E-state index contributed by atoms with van der Waals surface area (Å²) in [5, 5.41) is 7.23. The first-order valence-corrected chi connectivity index (χ1v) is 21.6. The van der Waals surface area contributed by atoms with Gasteiger partial charge in [0.15, 0.2) is 5.75 Å². The van der Waals surface area contributed by atoms with E-state index in [9.17, 15) is 40.8 Å². The highest BCUT2D eigenvalue weighted by molar-refractivity contribution is 7.90. The summed E-state index contributed by atoms with van der Waals surface area (Å²) in [5.74, 6) is -5.62. The number of halogens is 3. The van der Waals surface area contributed by atoms with Gasteiger partial charge < -0.3 is 25.0 Å². The lowest BCUT2D eigenvalue weighted by Crippen LogP contribution is -2.58. The van der Waals surface area contributed by atoms with Gasteiger partial charge in [-0.2, -0.15) is 13.2 Å². The third-order valence-corrected chi connectivity index (χ3v) is 12.8. The largest absolute Gasteiger partial charge is 0.471 e. The summed E-state index contributed by atoms with van der Waals surface area (Å²) >= 11 is 1.42. The predicted molar refractivity (Wildman–Crippen MR) is 202 cm³/mol. The molecule has 2 aliphatic heterocycles. The molecule has 1 saturated heterocycles. The molecule has 7 rings (SSSR count). The first kappa shape index (κ1) is 40.4. The number of aromatic nitrogens is 2. The molecular formula is C38H43F3N6O8S2. The summed E-state index contributed by atoms with van der Waals surface area (Å²) in [6.45, 7) is -0.145. The van der Waals surface area contributed by atoms with E-state index >= 15 is 0 Å². The second-order valence-corrected chi connectivity index (χ2v) is 17.6. The van der Waals surface area contributed by atoms with Crippen LogP contribution in [0.15, 0.2) is 53.9 Å². The van der Waals surface area contributed by atoms with E-state index in [2.05, 4.69) is 10.6 Å². The van der Waals surface area contributed by atoms with Crippen molar-refractivity contribution >= 4 is 56.2 Å². The summed E-state index contributed by atoms with van der Waals surface area (Å²) in [5.41, 5.74) is -0.296. The molecule has 19 heteroatoms. The maximum atomic E-state index is 14.6. The van der Waals surface area contributed by atoms with Crippen LogP contribution >= 0.6 is 11.3 Å². The monoisotopic (exact) mass is 832 g/mol. The van der Waals surface area contributed by atoms with E-state index < -0.39 is 75.4 Å². The quantitative estimate of drug-likeness (QED) is 0.257. The number of carbonyl (C=O) groups excluding carboxylic acids is 4. The number of thiophene rings is 1. The highest BCUT2D eigenvalue weighted by Crippen LogP contribution is 2.46. The minimum absolute atomic E-state index is 0.0861. The van der Waals surface area contributed by atoms with Crippen LogP contribution in [0.2, 0.25) is 0 Å². The number of alkyl halides is 3. The number of sulfonamides is 1. The standard InChI is InChI=1S/C38H43F3N6O8S2/c39-38(40,41)22-57(52,53)46-35(50)37-20-23(37)11-4-2-1-3-5-16-28(44-36(51)55-24-12-6-7-13-24)34(49)47-21-25(19-29(47)32(48)45-37)54-33-31(30-17-10-18-56-30)42-26-14-8-9-15-27(26)43-33/h4,8-11,14-15,17-18,23-25,28-29H,1-3,5-7,12-13,16,19-22H2,(H,44,51)(H,45,48)(H,46,50)/b11-4-/t23?,25-,28-,29+,37-/m1/s1. The SMILES string of the molecule is O=C(N[C@@H]1CCCCC/C=C\C2C[C@@]2(C(=O)NS(=O)(=O)CC(F)(F)F)NC(=O)[C@@H]2C[C@@H](Oc3nc4ccccc4nc3-c3cccs3)CN2C1=O)OC1CCCC1. The average molecular weight is 833 g/mol. The number of fused-ring (bicyclic) bond motifs is 3. The van der Waals surface area contributed by atoms with E-state index in [1.807, 2.05) is 29.6 Å². The van der Waals surface area contributed by atoms with Gasteiger partial charge in [-0.15, -0.1) is 11.3 Å².